The van der Waals surface area contributed by atoms with Crippen molar-refractivity contribution in [3.63, 3.8) is 0 Å². The van der Waals surface area contributed by atoms with Gasteiger partial charge in [-0.15, -0.1) is 11.8 Å². The topological polar surface area (TPSA) is 55.4 Å². The van der Waals surface area contributed by atoms with Crippen LogP contribution in [0.3, 0.4) is 0 Å². The molecule has 0 saturated heterocycles. The predicted molar refractivity (Wildman–Crippen MR) is 80.5 cm³/mol. The number of hydrogen-bond acceptors (Lipinski definition) is 4. The Balaban J connectivity index is 2.56. The van der Waals surface area contributed by atoms with Gasteiger partial charge in [-0.2, -0.15) is 0 Å². The fourth-order valence-electron chi connectivity index (χ4n) is 1.78. The summed E-state index contributed by atoms with van der Waals surface area (Å²) < 4.78 is 30.5. The SMILES string of the molecule is COC(=O)C(CC(C)C)NC(=O)CSc1ccc(F)c(F)c1. The fraction of sp³-hybridized carbons (Fsp3) is 0.467. The van der Waals surface area contributed by atoms with E-state index >= 15 is 0 Å². The van der Waals surface area contributed by atoms with Crippen LogP contribution in [0.5, 0.6) is 0 Å². The lowest BCUT2D eigenvalue weighted by Gasteiger charge is -2.18. The molecule has 1 aromatic carbocycles. The van der Waals surface area contributed by atoms with Crippen LogP contribution in [0.4, 0.5) is 8.78 Å². The molecule has 1 atom stereocenters. The van der Waals surface area contributed by atoms with Crippen molar-refractivity contribution in [2.75, 3.05) is 12.9 Å². The summed E-state index contributed by atoms with van der Waals surface area (Å²) in [5.74, 6) is -2.56. The molecule has 1 N–H and O–H groups in total. The smallest absolute Gasteiger partial charge is 0.328 e. The van der Waals surface area contributed by atoms with E-state index in [1.807, 2.05) is 13.8 Å². The Morgan fingerprint density at radius 1 is 1.27 bits per heavy atom. The highest BCUT2D eigenvalue weighted by molar-refractivity contribution is 8.00. The third-order valence-electron chi connectivity index (χ3n) is 2.79. The highest BCUT2D eigenvalue weighted by atomic mass is 32.2. The summed E-state index contributed by atoms with van der Waals surface area (Å²) >= 11 is 1.06. The van der Waals surface area contributed by atoms with E-state index < -0.39 is 23.6 Å². The standard InChI is InChI=1S/C15H19F2NO3S/c1-9(2)6-13(15(20)21-3)18-14(19)8-22-10-4-5-11(16)12(17)7-10/h4-5,7,9,13H,6,8H2,1-3H3,(H,18,19). The van der Waals surface area contributed by atoms with Crippen LogP contribution in [-0.4, -0.2) is 30.8 Å². The number of carbonyl (C=O) groups excluding carboxylic acids is 2. The summed E-state index contributed by atoms with van der Waals surface area (Å²) in [6.45, 7) is 3.86. The maximum Gasteiger partial charge on any atom is 0.328 e. The van der Waals surface area contributed by atoms with Gasteiger partial charge in [0, 0.05) is 4.90 Å². The van der Waals surface area contributed by atoms with Gasteiger partial charge in [-0.05, 0) is 30.5 Å². The van der Waals surface area contributed by atoms with Crippen LogP contribution in [0.25, 0.3) is 0 Å². The number of hydrogen-bond donors (Lipinski definition) is 1. The molecule has 1 amide bonds. The van der Waals surface area contributed by atoms with Gasteiger partial charge in [-0.1, -0.05) is 13.8 Å². The molecule has 0 heterocycles. The van der Waals surface area contributed by atoms with Gasteiger partial charge in [0.15, 0.2) is 11.6 Å². The van der Waals surface area contributed by atoms with Crippen molar-refractivity contribution in [2.24, 2.45) is 5.92 Å². The summed E-state index contributed by atoms with van der Waals surface area (Å²) in [4.78, 5) is 23.9. The Hall–Kier alpha value is -1.63. The molecule has 1 rings (SSSR count). The van der Waals surface area contributed by atoms with Crippen LogP contribution in [0, 0.1) is 17.6 Å². The average Bonchev–Trinajstić information content (AvgIpc) is 2.46. The molecule has 0 saturated carbocycles. The highest BCUT2D eigenvalue weighted by Gasteiger charge is 2.22. The zero-order chi connectivity index (χ0) is 16.7. The predicted octanol–water partition coefficient (Wildman–Crippen LogP) is 2.76. The first-order valence-corrected chi connectivity index (χ1v) is 7.77. The monoisotopic (exact) mass is 331 g/mol. The number of halogens is 2. The van der Waals surface area contributed by atoms with Crippen LogP contribution >= 0.6 is 11.8 Å². The van der Waals surface area contributed by atoms with Crippen molar-refractivity contribution in [3.05, 3.63) is 29.8 Å². The van der Waals surface area contributed by atoms with E-state index in [9.17, 15) is 18.4 Å². The van der Waals surface area contributed by atoms with E-state index in [1.54, 1.807) is 0 Å². The molecule has 0 fully saturated rings. The summed E-state index contributed by atoms with van der Waals surface area (Å²) in [6.07, 6.45) is 0.467. The first-order valence-electron chi connectivity index (χ1n) is 6.78. The van der Waals surface area contributed by atoms with E-state index in [2.05, 4.69) is 10.1 Å². The molecule has 22 heavy (non-hydrogen) atoms. The molecule has 0 radical (unpaired) electrons. The number of thioether (sulfide) groups is 1. The molecule has 7 heteroatoms. The third-order valence-corrected chi connectivity index (χ3v) is 3.78. The van der Waals surface area contributed by atoms with Crippen molar-refractivity contribution >= 4 is 23.6 Å². The minimum Gasteiger partial charge on any atom is -0.467 e. The van der Waals surface area contributed by atoms with Crippen molar-refractivity contribution in [1.82, 2.24) is 5.32 Å². The average molecular weight is 331 g/mol. The molecule has 0 aliphatic rings. The van der Waals surface area contributed by atoms with E-state index in [4.69, 9.17) is 0 Å². The molecule has 0 aliphatic carbocycles. The Morgan fingerprint density at radius 3 is 2.50 bits per heavy atom. The van der Waals surface area contributed by atoms with E-state index in [0.717, 1.165) is 23.9 Å². The van der Waals surface area contributed by atoms with Crippen LogP contribution < -0.4 is 5.32 Å². The summed E-state index contributed by atoms with van der Waals surface area (Å²) in [6, 6.07) is 2.72. The van der Waals surface area contributed by atoms with Gasteiger partial charge in [0.25, 0.3) is 0 Å². The molecule has 0 spiro atoms. The number of ether oxygens (including phenoxy) is 1. The third kappa shape index (κ3) is 6.01. The number of amides is 1. The molecule has 1 aromatic rings. The number of nitrogens with one attached hydrogen (secondary N) is 1. The minimum atomic E-state index is -0.961. The Labute approximate surface area is 132 Å². The zero-order valence-corrected chi connectivity index (χ0v) is 13.5. The molecule has 122 valence electrons. The summed E-state index contributed by atoms with van der Waals surface area (Å²) in [5, 5.41) is 2.59. The second kappa shape index (κ2) is 8.73. The largest absolute Gasteiger partial charge is 0.467 e. The molecule has 4 nitrogen and oxygen atoms in total. The van der Waals surface area contributed by atoms with Crippen molar-refractivity contribution < 1.29 is 23.1 Å². The lowest BCUT2D eigenvalue weighted by molar-refractivity contribution is -0.145. The van der Waals surface area contributed by atoms with Gasteiger partial charge in [-0.25, -0.2) is 13.6 Å². The lowest BCUT2D eigenvalue weighted by Crippen LogP contribution is -2.43. The number of esters is 1. The molecule has 0 aliphatic heterocycles. The van der Waals surface area contributed by atoms with Crippen LogP contribution in [-0.2, 0) is 14.3 Å². The van der Waals surface area contributed by atoms with Gasteiger partial charge in [-0.3, -0.25) is 4.79 Å². The first kappa shape index (κ1) is 18.4. The van der Waals surface area contributed by atoms with Gasteiger partial charge < -0.3 is 10.1 Å². The van der Waals surface area contributed by atoms with Crippen LogP contribution in [0.15, 0.2) is 23.1 Å². The summed E-state index contributed by atoms with van der Waals surface area (Å²) in [5.41, 5.74) is 0. The Morgan fingerprint density at radius 2 is 1.95 bits per heavy atom. The quantitative estimate of drug-likeness (QED) is 0.617. The number of methoxy groups -OCH3 is 1. The number of benzene rings is 1. The Kier molecular flexibility index (Phi) is 7.31. The number of rotatable bonds is 7. The molecular formula is C15H19F2NO3S. The van der Waals surface area contributed by atoms with E-state index in [0.29, 0.717) is 11.3 Å². The maximum absolute atomic E-state index is 13.1. The molecule has 1 unspecified atom stereocenters. The van der Waals surface area contributed by atoms with Crippen LogP contribution in [0.2, 0.25) is 0 Å². The van der Waals surface area contributed by atoms with E-state index in [1.165, 1.54) is 13.2 Å². The second-order valence-corrected chi connectivity index (χ2v) is 6.19. The molecule has 0 aromatic heterocycles. The van der Waals surface area contributed by atoms with Gasteiger partial charge >= 0.3 is 5.97 Å². The fourth-order valence-corrected chi connectivity index (χ4v) is 2.51. The number of carbonyl (C=O) groups is 2. The van der Waals surface area contributed by atoms with Gasteiger partial charge in [0.05, 0.1) is 12.9 Å². The second-order valence-electron chi connectivity index (χ2n) is 5.14. The molecule has 0 bridgehead atoms. The van der Waals surface area contributed by atoms with Crippen molar-refractivity contribution in [1.29, 1.82) is 0 Å². The zero-order valence-electron chi connectivity index (χ0n) is 12.7. The van der Waals surface area contributed by atoms with Gasteiger partial charge in [0.1, 0.15) is 6.04 Å². The van der Waals surface area contributed by atoms with E-state index in [-0.39, 0.29) is 17.6 Å². The molecular weight excluding hydrogens is 312 g/mol. The van der Waals surface area contributed by atoms with Crippen LogP contribution in [0.1, 0.15) is 20.3 Å². The minimum absolute atomic E-state index is 0.00331. The normalized spacial score (nSPS) is 12.1. The van der Waals surface area contributed by atoms with Gasteiger partial charge in [0.2, 0.25) is 5.91 Å². The van der Waals surface area contributed by atoms with Crippen molar-refractivity contribution in [2.45, 2.75) is 31.2 Å². The first-order chi connectivity index (χ1) is 10.3. The highest BCUT2D eigenvalue weighted by Crippen LogP contribution is 2.20. The lowest BCUT2D eigenvalue weighted by atomic mass is 10.0. The Bertz CT molecular complexity index is 538. The van der Waals surface area contributed by atoms with Crippen molar-refractivity contribution in [3.8, 4) is 0 Å². The maximum atomic E-state index is 13.1. The summed E-state index contributed by atoms with van der Waals surface area (Å²) in [7, 11) is 1.26.